The number of rotatable bonds is 10. The second kappa shape index (κ2) is 12.2. The summed E-state index contributed by atoms with van der Waals surface area (Å²) in [5, 5.41) is 11.5. The van der Waals surface area contributed by atoms with E-state index < -0.39 is 17.7 Å². The number of hydrogen-bond acceptors (Lipinski definition) is 7. The summed E-state index contributed by atoms with van der Waals surface area (Å²) in [6.07, 6.45) is 3.94. The van der Waals surface area contributed by atoms with Gasteiger partial charge >= 0.3 is 0 Å². The van der Waals surface area contributed by atoms with Gasteiger partial charge in [0.25, 0.3) is 11.7 Å². The van der Waals surface area contributed by atoms with Crippen molar-refractivity contribution in [3.63, 3.8) is 0 Å². The maximum absolute atomic E-state index is 13.5. The van der Waals surface area contributed by atoms with Gasteiger partial charge in [-0.15, -0.1) is 0 Å². The summed E-state index contributed by atoms with van der Waals surface area (Å²) in [4.78, 5) is 30.7. The molecule has 2 fully saturated rings. The van der Waals surface area contributed by atoms with Crippen molar-refractivity contribution in [2.45, 2.75) is 51.7 Å². The van der Waals surface area contributed by atoms with Crippen LogP contribution in [0.4, 0.5) is 0 Å². The largest absolute Gasteiger partial charge is 0.507 e. The molecular formula is C31H38N2O6. The van der Waals surface area contributed by atoms with Crippen LogP contribution >= 0.6 is 0 Å². The lowest BCUT2D eigenvalue weighted by Crippen LogP contribution is -2.42. The standard InChI is InChI=1S/C31H38N2O6/c1-3-4-5-15-38-25-8-6-7-22(20-25)28-27(29(34)23-9-10-26-24(19-23)18-21(2)39-26)30(35)31(36)33(28)12-11-32-13-16-37-17-14-32/h6-10,19-21,28,34H,3-5,11-18H2,1-2H3/b29-27-. The molecule has 2 unspecified atom stereocenters. The lowest BCUT2D eigenvalue weighted by molar-refractivity contribution is -0.140. The van der Waals surface area contributed by atoms with Crippen molar-refractivity contribution in [3.8, 4) is 11.5 Å². The van der Waals surface area contributed by atoms with Gasteiger partial charge in [0.05, 0.1) is 31.4 Å². The number of amides is 1. The first-order valence-corrected chi connectivity index (χ1v) is 14.1. The minimum Gasteiger partial charge on any atom is -0.507 e. The molecule has 0 bridgehead atoms. The van der Waals surface area contributed by atoms with Crippen LogP contribution in [0.3, 0.4) is 0 Å². The Morgan fingerprint density at radius 3 is 2.69 bits per heavy atom. The Labute approximate surface area is 230 Å². The first kappa shape index (κ1) is 27.2. The number of ketones is 1. The average molecular weight is 535 g/mol. The Kier molecular flexibility index (Phi) is 8.53. The van der Waals surface area contributed by atoms with Gasteiger partial charge in [-0.3, -0.25) is 14.5 Å². The number of carbonyl (C=O) groups is 2. The molecule has 2 aromatic carbocycles. The molecular weight excluding hydrogens is 496 g/mol. The molecule has 0 spiro atoms. The molecule has 3 aliphatic rings. The second-order valence-electron chi connectivity index (χ2n) is 10.5. The minimum atomic E-state index is -0.714. The number of Topliss-reactive ketones (excluding diaryl/α,β-unsaturated/α-hetero) is 1. The fourth-order valence-corrected chi connectivity index (χ4v) is 5.57. The molecule has 0 aliphatic carbocycles. The van der Waals surface area contributed by atoms with Crippen molar-refractivity contribution >= 4 is 17.4 Å². The molecule has 8 nitrogen and oxygen atoms in total. The van der Waals surface area contributed by atoms with Gasteiger partial charge in [0, 0.05) is 38.2 Å². The zero-order valence-electron chi connectivity index (χ0n) is 22.9. The smallest absolute Gasteiger partial charge is 0.295 e. The van der Waals surface area contributed by atoms with Crippen molar-refractivity contribution in [2.24, 2.45) is 0 Å². The number of benzene rings is 2. The van der Waals surface area contributed by atoms with E-state index in [-0.39, 0.29) is 17.4 Å². The predicted molar refractivity (Wildman–Crippen MR) is 148 cm³/mol. The van der Waals surface area contributed by atoms with Crippen LogP contribution in [0, 0.1) is 0 Å². The van der Waals surface area contributed by atoms with E-state index in [2.05, 4.69) is 11.8 Å². The molecule has 39 heavy (non-hydrogen) atoms. The van der Waals surface area contributed by atoms with Gasteiger partial charge < -0.3 is 24.2 Å². The summed E-state index contributed by atoms with van der Waals surface area (Å²) in [6, 6.07) is 12.3. The lowest BCUT2D eigenvalue weighted by atomic mass is 9.94. The maximum atomic E-state index is 13.5. The van der Waals surface area contributed by atoms with Gasteiger partial charge in [0.15, 0.2) is 0 Å². The Morgan fingerprint density at radius 1 is 1.08 bits per heavy atom. The Balaban J connectivity index is 1.49. The number of morpholine rings is 1. The van der Waals surface area contributed by atoms with Crippen molar-refractivity contribution in [1.29, 1.82) is 0 Å². The summed E-state index contributed by atoms with van der Waals surface area (Å²) in [5.41, 5.74) is 2.34. The van der Waals surface area contributed by atoms with Crippen molar-refractivity contribution in [1.82, 2.24) is 9.80 Å². The van der Waals surface area contributed by atoms with Crippen molar-refractivity contribution in [3.05, 3.63) is 64.7 Å². The molecule has 1 N–H and O–H groups in total. The summed E-state index contributed by atoms with van der Waals surface area (Å²) < 4.78 is 17.3. The maximum Gasteiger partial charge on any atom is 0.295 e. The highest BCUT2D eigenvalue weighted by Gasteiger charge is 2.46. The summed E-state index contributed by atoms with van der Waals surface area (Å²) in [6.45, 7) is 8.60. The van der Waals surface area contributed by atoms with E-state index >= 15 is 0 Å². The molecule has 0 radical (unpaired) electrons. The van der Waals surface area contributed by atoms with Crippen LogP contribution in [0.5, 0.6) is 11.5 Å². The molecule has 8 heteroatoms. The third-order valence-corrected chi connectivity index (χ3v) is 7.66. The van der Waals surface area contributed by atoms with E-state index in [1.807, 2.05) is 43.3 Å². The second-order valence-corrected chi connectivity index (χ2v) is 10.5. The Hall–Kier alpha value is -3.36. The van der Waals surface area contributed by atoms with Crippen LogP contribution in [-0.4, -0.2) is 78.7 Å². The van der Waals surface area contributed by atoms with Crippen LogP contribution in [0.1, 0.15) is 55.8 Å². The summed E-state index contributed by atoms with van der Waals surface area (Å²) in [7, 11) is 0. The highest BCUT2D eigenvalue weighted by molar-refractivity contribution is 6.46. The fourth-order valence-electron chi connectivity index (χ4n) is 5.57. The molecule has 0 aromatic heterocycles. The fraction of sp³-hybridized carbons (Fsp3) is 0.484. The summed E-state index contributed by atoms with van der Waals surface area (Å²) in [5.74, 6) is 0.0467. The highest BCUT2D eigenvalue weighted by Crippen LogP contribution is 2.41. The molecule has 2 atom stereocenters. The van der Waals surface area contributed by atoms with Gasteiger partial charge in [-0.25, -0.2) is 0 Å². The third kappa shape index (κ3) is 5.97. The van der Waals surface area contributed by atoms with Crippen LogP contribution in [0.15, 0.2) is 48.0 Å². The summed E-state index contributed by atoms with van der Waals surface area (Å²) >= 11 is 0. The first-order chi connectivity index (χ1) is 19.0. The third-order valence-electron chi connectivity index (χ3n) is 7.66. The number of aliphatic hydroxyl groups excluding tert-OH is 1. The molecule has 1 amide bonds. The number of likely N-dealkylation sites (tertiary alicyclic amines) is 1. The van der Waals surface area contributed by atoms with Gasteiger partial charge in [0.1, 0.15) is 23.4 Å². The van der Waals surface area contributed by atoms with E-state index in [4.69, 9.17) is 14.2 Å². The van der Waals surface area contributed by atoms with Crippen LogP contribution in [0.25, 0.3) is 5.76 Å². The normalized spacial score (nSPS) is 22.7. The topological polar surface area (TPSA) is 88.5 Å². The van der Waals surface area contributed by atoms with E-state index in [0.29, 0.717) is 44.2 Å². The van der Waals surface area contributed by atoms with Crippen molar-refractivity contribution in [2.75, 3.05) is 46.0 Å². The molecule has 2 saturated heterocycles. The van der Waals surface area contributed by atoms with Gasteiger partial charge in [0.2, 0.25) is 0 Å². The zero-order valence-corrected chi connectivity index (χ0v) is 22.9. The number of fused-ring (bicyclic) bond motifs is 1. The number of aliphatic hydroxyl groups is 1. The molecule has 208 valence electrons. The lowest BCUT2D eigenvalue weighted by Gasteiger charge is -2.31. The molecule has 2 aromatic rings. The molecule has 3 heterocycles. The minimum absolute atomic E-state index is 0.0585. The quantitative estimate of drug-likeness (QED) is 0.210. The number of hydrogen-bond donors (Lipinski definition) is 1. The monoisotopic (exact) mass is 534 g/mol. The van der Waals surface area contributed by atoms with E-state index in [0.717, 1.165) is 55.6 Å². The number of nitrogens with zero attached hydrogens (tertiary/aromatic N) is 2. The van der Waals surface area contributed by atoms with E-state index in [1.54, 1.807) is 11.0 Å². The Morgan fingerprint density at radius 2 is 1.90 bits per heavy atom. The van der Waals surface area contributed by atoms with Gasteiger partial charge in [-0.1, -0.05) is 31.9 Å². The number of unbranched alkanes of at least 4 members (excludes halogenated alkanes) is 2. The van der Waals surface area contributed by atoms with Gasteiger partial charge in [-0.2, -0.15) is 0 Å². The molecule has 5 rings (SSSR count). The predicted octanol–water partition coefficient (Wildman–Crippen LogP) is 4.33. The average Bonchev–Trinajstić information content (AvgIpc) is 3.45. The van der Waals surface area contributed by atoms with Crippen LogP contribution < -0.4 is 9.47 Å². The van der Waals surface area contributed by atoms with Crippen molar-refractivity contribution < 1.29 is 28.9 Å². The number of carbonyl (C=O) groups excluding carboxylic acids is 2. The van der Waals surface area contributed by atoms with E-state index in [9.17, 15) is 14.7 Å². The van der Waals surface area contributed by atoms with E-state index in [1.165, 1.54) is 0 Å². The molecule has 3 aliphatic heterocycles. The Bertz CT molecular complexity index is 1240. The van der Waals surface area contributed by atoms with Crippen LogP contribution in [-0.2, 0) is 20.7 Å². The highest BCUT2D eigenvalue weighted by atomic mass is 16.5. The zero-order chi connectivity index (χ0) is 27.4. The SMILES string of the molecule is CCCCCOc1cccc(C2/C(=C(/O)c3ccc4c(c3)CC(C)O4)C(=O)C(=O)N2CCN2CCOCC2)c1. The number of ether oxygens (including phenoxy) is 3. The van der Waals surface area contributed by atoms with Gasteiger partial charge in [-0.05, 0) is 54.8 Å². The first-order valence-electron chi connectivity index (χ1n) is 14.1. The van der Waals surface area contributed by atoms with Crippen LogP contribution in [0.2, 0.25) is 0 Å². The molecule has 0 saturated carbocycles.